The third-order valence-corrected chi connectivity index (χ3v) is 4.05. The second-order valence-corrected chi connectivity index (χ2v) is 6.37. The molecule has 0 spiro atoms. The van der Waals surface area contributed by atoms with E-state index in [0.29, 0.717) is 16.4 Å². The monoisotopic (exact) mass is 339 g/mol. The number of ether oxygens (including phenoxy) is 1. The molecule has 24 heavy (non-hydrogen) atoms. The molecule has 1 amide bonds. The first-order valence-electron chi connectivity index (χ1n) is 7.59. The van der Waals surface area contributed by atoms with E-state index in [4.69, 9.17) is 4.74 Å². The average molecular weight is 339 g/mol. The van der Waals surface area contributed by atoms with Crippen molar-refractivity contribution < 1.29 is 9.53 Å². The first-order chi connectivity index (χ1) is 11.6. The van der Waals surface area contributed by atoms with Crippen molar-refractivity contribution in [3.8, 4) is 16.3 Å². The lowest BCUT2D eigenvalue weighted by Crippen LogP contribution is -2.15. The number of benzene rings is 2. The molecule has 0 aliphatic rings. The summed E-state index contributed by atoms with van der Waals surface area (Å²) in [4.78, 5) is 12.5. The van der Waals surface area contributed by atoms with Crippen molar-refractivity contribution in [2.75, 3.05) is 5.32 Å². The molecule has 0 radical (unpaired) electrons. The predicted octanol–water partition coefficient (Wildman–Crippen LogP) is 4.24. The Morgan fingerprint density at radius 1 is 1.04 bits per heavy atom. The number of para-hydroxylation sites is 1. The molecule has 2 aromatic carbocycles. The molecule has 0 fully saturated rings. The van der Waals surface area contributed by atoms with Gasteiger partial charge in [0, 0.05) is 5.56 Å². The van der Waals surface area contributed by atoms with Crippen molar-refractivity contribution in [3.63, 3.8) is 0 Å². The lowest BCUT2D eigenvalue weighted by molar-refractivity contribution is 0.102. The van der Waals surface area contributed by atoms with E-state index in [1.54, 1.807) is 18.2 Å². The van der Waals surface area contributed by atoms with Crippen LogP contribution in [0.5, 0.6) is 5.75 Å². The van der Waals surface area contributed by atoms with Gasteiger partial charge < -0.3 is 4.74 Å². The standard InChI is InChI=1S/C18H17N3O2S/c1-12(2)23-15-11-7-6-10-14(15)16(22)19-18-21-20-17(24-18)13-8-4-3-5-9-13/h3-12H,1-2H3,(H,19,21,22). The zero-order valence-corrected chi connectivity index (χ0v) is 14.2. The van der Waals surface area contributed by atoms with Crippen LogP contribution in [0.4, 0.5) is 5.13 Å². The Hall–Kier alpha value is -2.73. The Kier molecular flexibility index (Phi) is 4.86. The van der Waals surface area contributed by atoms with Gasteiger partial charge >= 0.3 is 0 Å². The van der Waals surface area contributed by atoms with Gasteiger partial charge in [0.25, 0.3) is 5.91 Å². The van der Waals surface area contributed by atoms with Gasteiger partial charge in [-0.1, -0.05) is 53.8 Å². The number of hydrogen-bond donors (Lipinski definition) is 1. The van der Waals surface area contributed by atoms with Crippen molar-refractivity contribution in [2.45, 2.75) is 20.0 Å². The highest BCUT2D eigenvalue weighted by Crippen LogP contribution is 2.27. The van der Waals surface area contributed by atoms with Crippen molar-refractivity contribution in [1.29, 1.82) is 0 Å². The minimum absolute atomic E-state index is 0.00911. The molecule has 0 bridgehead atoms. The number of nitrogens with one attached hydrogen (secondary N) is 1. The molecule has 3 rings (SSSR count). The summed E-state index contributed by atoms with van der Waals surface area (Å²) in [6.45, 7) is 3.84. The van der Waals surface area contributed by atoms with Crippen LogP contribution in [0.25, 0.3) is 10.6 Å². The van der Waals surface area contributed by atoms with Crippen LogP contribution >= 0.6 is 11.3 Å². The average Bonchev–Trinajstić information content (AvgIpc) is 3.04. The molecule has 0 unspecified atom stereocenters. The molecule has 1 N–H and O–H groups in total. The predicted molar refractivity (Wildman–Crippen MR) is 95.5 cm³/mol. The highest BCUT2D eigenvalue weighted by atomic mass is 32.1. The number of hydrogen-bond acceptors (Lipinski definition) is 5. The first-order valence-corrected chi connectivity index (χ1v) is 8.41. The lowest BCUT2D eigenvalue weighted by Gasteiger charge is -2.13. The minimum Gasteiger partial charge on any atom is -0.490 e. The normalized spacial score (nSPS) is 10.6. The third kappa shape index (κ3) is 3.78. The fourth-order valence-electron chi connectivity index (χ4n) is 2.15. The van der Waals surface area contributed by atoms with Crippen LogP contribution in [-0.2, 0) is 0 Å². The Morgan fingerprint density at radius 2 is 1.75 bits per heavy atom. The summed E-state index contributed by atoms with van der Waals surface area (Å²) in [5.74, 6) is 0.291. The second-order valence-electron chi connectivity index (χ2n) is 5.40. The Labute approximate surface area is 144 Å². The Bertz CT molecular complexity index is 831. The van der Waals surface area contributed by atoms with Gasteiger partial charge in [-0.05, 0) is 26.0 Å². The van der Waals surface area contributed by atoms with E-state index >= 15 is 0 Å². The van der Waals surface area contributed by atoms with E-state index in [-0.39, 0.29) is 12.0 Å². The second kappa shape index (κ2) is 7.23. The van der Waals surface area contributed by atoms with E-state index in [1.807, 2.05) is 50.2 Å². The summed E-state index contributed by atoms with van der Waals surface area (Å²) >= 11 is 1.33. The zero-order chi connectivity index (χ0) is 16.9. The fraction of sp³-hybridized carbons (Fsp3) is 0.167. The number of nitrogens with zero attached hydrogens (tertiary/aromatic N) is 2. The van der Waals surface area contributed by atoms with Crippen LogP contribution in [-0.4, -0.2) is 22.2 Å². The van der Waals surface area contributed by atoms with Crippen LogP contribution < -0.4 is 10.1 Å². The maximum atomic E-state index is 12.5. The molecule has 0 aliphatic carbocycles. The number of carbonyl (C=O) groups is 1. The van der Waals surface area contributed by atoms with Crippen molar-refractivity contribution in [3.05, 3.63) is 60.2 Å². The molecule has 1 heterocycles. The maximum Gasteiger partial charge on any atom is 0.261 e. The van der Waals surface area contributed by atoms with Gasteiger partial charge in [0.15, 0.2) is 0 Å². The van der Waals surface area contributed by atoms with Crippen molar-refractivity contribution in [1.82, 2.24) is 10.2 Å². The summed E-state index contributed by atoms with van der Waals surface area (Å²) in [6.07, 6.45) is -0.00911. The van der Waals surface area contributed by atoms with E-state index in [0.717, 1.165) is 10.6 Å². The van der Waals surface area contributed by atoms with E-state index in [2.05, 4.69) is 15.5 Å². The topological polar surface area (TPSA) is 64.1 Å². The van der Waals surface area contributed by atoms with Gasteiger partial charge in [0.2, 0.25) is 5.13 Å². The quantitative estimate of drug-likeness (QED) is 0.755. The van der Waals surface area contributed by atoms with Crippen LogP contribution in [0.1, 0.15) is 24.2 Å². The summed E-state index contributed by atoms with van der Waals surface area (Å²) in [5, 5.41) is 12.2. The third-order valence-electron chi connectivity index (χ3n) is 3.16. The first kappa shape index (κ1) is 16.1. The molecule has 0 saturated carbocycles. The number of anilines is 1. The van der Waals surface area contributed by atoms with Gasteiger partial charge in [-0.2, -0.15) is 0 Å². The maximum absolute atomic E-state index is 12.5. The Balaban J connectivity index is 1.78. The smallest absolute Gasteiger partial charge is 0.261 e. The molecule has 6 heteroatoms. The van der Waals surface area contributed by atoms with Gasteiger partial charge in [-0.15, -0.1) is 10.2 Å². The number of amides is 1. The summed E-state index contributed by atoms with van der Waals surface area (Å²) < 4.78 is 5.69. The number of carbonyl (C=O) groups excluding carboxylic acids is 1. The summed E-state index contributed by atoms with van der Waals surface area (Å²) in [6, 6.07) is 16.9. The van der Waals surface area contributed by atoms with Crippen LogP contribution in [0.2, 0.25) is 0 Å². The van der Waals surface area contributed by atoms with Crippen LogP contribution in [0.15, 0.2) is 54.6 Å². The molecule has 0 saturated heterocycles. The largest absolute Gasteiger partial charge is 0.490 e. The van der Waals surface area contributed by atoms with Crippen LogP contribution in [0.3, 0.4) is 0 Å². The SMILES string of the molecule is CC(C)Oc1ccccc1C(=O)Nc1nnc(-c2ccccc2)s1. The van der Waals surface area contributed by atoms with Gasteiger partial charge in [-0.3, -0.25) is 10.1 Å². The minimum atomic E-state index is -0.262. The number of aromatic nitrogens is 2. The molecular formula is C18H17N3O2S. The van der Waals surface area contributed by atoms with Gasteiger partial charge in [0.1, 0.15) is 10.8 Å². The molecular weight excluding hydrogens is 322 g/mol. The van der Waals surface area contributed by atoms with Crippen LogP contribution in [0, 0.1) is 0 Å². The van der Waals surface area contributed by atoms with Crippen molar-refractivity contribution >= 4 is 22.4 Å². The molecule has 0 atom stereocenters. The molecule has 5 nitrogen and oxygen atoms in total. The fourth-order valence-corrected chi connectivity index (χ4v) is 2.89. The van der Waals surface area contributed by atoms with Gasteiger partial charge in [0.05, 0.1) is 11.7 Å². The molecule has 122 valence electrons. The highest BCUT2D eigenvalue weighted by Gasteiger charge is 2.15. The Morgan fingerprint density at radius 3 is 2.50 bits per heavy atom. The van der Waals surface area contributed by atoms with Crippen molar-refractivity contribution in [2.24, 2.45) is 0 Å². The zero-order valence-electron chi connectivity index (χ0n) is 13.4. The molecule has 3 aromatic rings. The summed E-state index contributed by atoms with van der Waals surface area (Å²) in [5.41, 5.74) is 1.45. The highest BCUT2D eigenvalue weighted by molar-refractivity contribution is 7.18. The van der Waals surface area contributed by atoms with Gasteiger partial charge in [-0.25, -0.2) is 0 Å². The number of rotatable bonds is 5. The molecule has 1 aromatic heterocycles. The van der Waals surface area contributed by atoms with E-state index < -0.39 is 0 Å². The van der Waals surface area contributed by atoms with E-state index in [1.165, 1.54) is 11.3 Å². The van der Waals surface area contributed by atoms with E-state index in [9.17, 15) is 4.79 Å². The lowest BCUT2D eigenvalue weighted by atomic mass is 10.2. The summed E-state index contributed by atoms with van der Waals surface area (Å²) in [7, 11) is 0. The molecule has 0 aliphatic heterocycles.